The van der Waals surface area contributed by atoms with Crippen molar-refractivity contribution in [1.82, 2.24) is 9.55 Å². The van der Waals surface area contributed by atoms with Crippen LogP contribution in [0.5, 0.6) is 0 Å². The van der Waals surface area contributed by atoms with Crippen LogP contribution in [0.15, 0.2) is 59.9 Å². The lowest BCUT2D eigenvalue weighted by Crippen LogP contribution is -2.01. The van der Waals surface area contributed by atoms with Gasteiger partial charge in [-0.25, -0.2) is 4.98 Å². The van der Waals surface area contributed by atoms with E-state index in [4.69, 9.17) is 0 Å². The maximum atomic E-state index is 11.1. The summed E-state index contributed by atoms with van der Waals surface area (Å²) in [6.07, 6.45) is 1.79. The largest absolute Gasteiger partial charge is 0.287 e. The van der Waals surface area contributed by atoms with Gasteiger partial charge in [0.1, 0.15) is 0 Å². The van der Waals surface area contributed by atoms with Crippen LogP contribution in [-0.4, -0.2) is 20.2 Å². The zero-order chi connectivity index (χ0) is 18.7. The molecule has 6 heteroatoms. The second kappa shape index (κ2) is 7.74. The monoisotopic (exact) mass is 367 g/mol. The fourth-order valence-electron chi connectivity index (χ4n) is 2.60. The number of nitrogens with zero attached hydrogens (tertiary/aromatic N) is 3. The summed E-state index contributed by atoms with van der Waals surface area (Å²) < 4.78 is 2.07. The zero-order valence-electron chi connectivity index (χ0n) is 15.0. The van der Waals surface area contributed by atoms with Crippen molar-refractivity contribution in [1.29, 1.82) is 0 Å². The van der Waals surface area contributed by atoms with Gasteiger partial charge in [-0.3, -0.25) is 14.7 Å². The van der Waals surface area contributed by atoms with E-state index in [1.54, 1.807) is 30.1 Å². The van der Waals surface area contributed by atoms with E-state index < -0.39 is 0 Å². The molecule has 1 heterocycles. The Morgan fingerprint density at radius 3 is 2.58 bits per heavy atom. The van der Waals surface area contributed by atoms with Crippen molar-refractivity contribution in [2.75, 3.05) is 5.75 Å². The van der Waals surface area contributed by atoms with Crippen molar-refractivity contribution in [2.24, 2.45) is 5.92 Å². The lowest BCUT2D eigenvalue weighted by Gasteiger charge is -2.13. The molecule has 0 aliphatic rings. The highest BCUT2D eigenvalue weighted by molar-refractivity contribution is 7.99. The summed E-state index contributed by atoms with van der Waals surface area (Å²) in [5.74, 6) is 1.50. The molecule has 0 bridgehead atoms. The van der Waals surface area contributed by atoms with E-state index >= 15 is 0 Å². The summed E-state index contributed by atoms with van der Waals surface area (Å²) in [5.41, 5.74) is 3.89. The minimum atomic E-state index is -0.371. The molecule has 2 aromatic carbocycles. The molecular formula is C20H21N3O2S. The number of nitro groups is 1. The van der Waals surface area contributed by atoms with Crippen LogP contribution in [0.3, 0.4) is 0 Å². The molecule has 5 nitrogen and oxygen atoms in total. The van der Waals surface area contributed by atoms with Gasteiger partial charge in [0.2, 0.25) is 0 Å². The summed E-state index contributed by atoms with van der Waals surface area (Å²) in [4.78, 5) is 15.4. The number of imidazole rings is 1. The van der Waals surface area contributed by atoms with Gasteiger partial charge in [-0.05, 0) is 25.0 Å². The average molecular weight is 367 g/mol. The number of thioether (sulfide) groups is 1. The molecule has 0 atom stereocenters. The predicted octanol–water partition coefficient (Wildman–Crippen LogP) is 5.50. The predicted molar refractivity (Wildman–Crippen MR) is 106 cm³/mol. The highest BCUT2D eigenvalue weighted by Gasteiger charge is 2.16. The third kappa shape index (κ3) is 3.96. The lowest BCUT2D eigenvalue weighted by molar-refractivity contribution is -0.384. The van der Waals surface area contributed by atoms with Gasteiger partial charge in [0.15, 0.2) is 5.16 Å². The van der Waals surface area contributed by atoms with Crippen molar-refractivity contribution in [3.8, 4) is 16.9 Å². The Morgan fingerprint density at radius 2 is 1.92 bits per heavy atom. The first-order valence-corrected chi connectivity index (χ1v) is 9.46. The number of hydrogen-bond acceptors (Lipinski definition) is 4. The van der Waals surface area contributed by atoms with E-state index in [1.165, 1.54) is 11.6 Å². The molecule has 0 fully saturated rings. The Hall–Kier alpha value is -2.60. The molecule has 3 rings (SSSR count). The normalized spacial score (nSPS) is 11.1. The smallest absolute Gasteiger partial charge is 0.270 e. The Bertz CT molecular complexity index is 917. The van der Waals surface area contributed by atoms with Crippen LogP contribution in [0.4, 0.5) is 5.69 Å². The maximum absolute atomic E-state index is 11.1. The average Bonchev–Trinajstić information content (AvgIpc) is 3.04. The first kappa shape index (κ1) is 18.2. The van der Waals surface area contributed by atoms with Crippen LogP contribution >= 0.6 is 11.8 Å². The van der Waals surface area contributed by atoms with Gasteiger partial charge in [-0.15, -0.1) is 0 Å². The van der Waals surface area contributed by atoms with Gasteiger partial charge in [0.05, 0.1) is 16.8 Å². The number of aromatic nitrogens is 2. The fraction of sp³-hybridized carbons (Fsp3) is 0.250. The number of nitro benzene ring substituents is 1. The molecule has 0 saturated heterocycles. The molecule has 3 aromatic rings. The van der Waals surface area contributed by atoms with Gasteiger partial charge in [-0.2, -0.15) is 0 Å². The minimum absolute atomic E-state index is 0.0792. The lowest BCUT2D eigenvalue weighted by atomic mass is 10.1. The molecule has 26 heavy (non-hydrogen) atoms. The molecule has 0 unspecified atom stereocenters. The number of non-ortho nitro benzene ring substituents is 1. The van der Waals surface area contributed by atoms with Crippen LogP contribution in [-0.2, 0) is 0 Å². The van der Waals surface area contributed by atoms with Gasteiger partial charge in [0, 0.05) is 29.1 Å². The first-order valence-electron chi connectivity index (χ1n) is 8.48. The number of hydrogen-bond donors (Lipinski definition) is 0. The quantitative estimate of drug-likeness (QED) is 0.328. The fourth-order valence-corrected chi connectivity index (χ4v) is 3.55. The SMILES string of the molecule is Cc1ccc(-n2c(-c3cccc([N+](=O)[O-])c3)cnc2SCC(C)C)cc1. The molecule has 134 valence electrons. The van der Waals surface area contributed by atoms with Crippen molar-refractivity contribution >= 4 is 17.4 Å². The highest BCUT2D eigenvalue weighted by atomic mass is 32.2. The number of aryl methyl sites for hydroxylation is 1. The standard InChI is InChI=1S/C20H21N3O2S/c1-14(2)13-26-20-21-12-19(16-5-4-6-18(11-16)23(24)25)22(20)17-9-7-15(3)8-10-17/h4-12,14H,13H2,1-3H3. The van der Waals surface area contributed by atoms with E-state index in [0.29, 0.717) is 5.92 Å². The molecule has 1 aromatic heterocycles. The zero-order valence-corrected chi connectivity index (χ0v) is 15.9. The Labute approximate surface area is 157 Å². The molecule has 0 radical (unpaired) electrons. The van der Waals surface area contributed by atoms with Crippen LogP contribution in [0.25, 0.3) is 16.9 Å². The van der Waals surface area contributed by atoms with Crippen molar-refractivity contribution in [3.05, 3.63) is 70.4 Å². The van der Waals surface area contributed by atoms with Crippen LogP contribution in [0.2, 0.25) is 0 Å². The second-order valence-electron chi connectivity index (χ2n) is 6.61. The van der Waals surface area contributed by atoms with Crippen molar-refractivity contribution in [2.45, 2.75) is 25.9 Å². The summed E-state index contributed by atoms with van der Waals surface area (Å²) in [7, 11) is 0. The summed E-state index contributed by atoms with van der Waals surface area (Å²) in [5, 5.41) is 12.0. The molecule has 0 saturated carbocycles. The number of rotatable bonds is 6. The second-order valence-corrected chi connectivity index (χ2v) is 7.60. The van der Waals surface area contributed by atoms with E-state index in [-0.39, 0.29) is 10.6 Å². The molecule has 0 aliphatic carbocycles. The van der Waals surface area contributed by atoms with E-state index in [1.807, 2.05) is 13.0 Å². The van der Waals surface area contributed by atoms with E-state index in [9.17, 15) is 10.1 Å². The third-order valence-corrected chi connectivity index (χ3v) is 5.30. The first-order chi connectivity index (χ1) is 12.5. The summed E-state index contributed by atoms with van der Waals surface area (Å²) >= 11 is 1.70. The molecular weight excluding hydrogens is 346 g/mol. The maximum Gasteiger partial charge on any atom is 0.270 e. The molecule has 0 N–H and O–H groups in total. The summed E-state index contributed by atoms with van der Waals surface area (Å²) in [6.45, 7) is 6.40. The minimum Gasteiger partial charge on any atom is -0.287 e. The Balaban J connectivity index is 2.11. The molecule has 0 spiro atoms. The summed E-state index contributed by atoms with van der Waals surface area (Å²) in [6, 6.07) is 14.9. The van der Waals surface area contributed by atoms with Gasteiger partial charge in [-0.1, -0.05) is 55.4 Å². The molecule has 0 amide bonds. The van der Waals surface area contributed by atoms with E-state index in [2.05, 4.69) is 47.7 Å². The van der Waals surface area contributed by atoms with Gasteiger partial charge < -0.3 is 0 Å². The van der Waals surface area contributed by atoms with Crippen LogP contribution < -0.4 is 0 Å². The topological polar surface area (TPSA) is 61.0 Å². The van der Waals surface area contributed by atoms with Crippen molar-refractivity contribution in [3.63, 3.8) is 0 Å². The highest BCUT2D eigenvalue weighted by Crippen LogP contribution is 2.32. The third-order valence-electron chi connectivity index (χ3n) is 3.92. The van der Waals surface area contributed by atoms with Crippen molar-refractivity contribution < 1.29 is 4.92 Å². The van der Waals surface area contributed by atoms with Crippen LogP contribution in [0, 0.1) is 23.0 Å². The van der Waals surface area contributed by atoms with Gasteiger partial charge >= 0.3 is 0 Å². The van der Waals surface area contributed by atoms with Crippen LogP contribution in [0.1, 0.15) is 19.4 Å². The number of benzene rings is 2. The molecule has 0 aliphatic heterocycles. The Kier molecular flexibility index (Phi) is 5.42. The van der Waals surface area contributed by atoms with Gasteiger partial charge in [0.25, 0.3) is 5.69 Å². The Morgan fingerprint density at radius 1 is 1.19 bits per heavy atom. The van der Waals surface area contributed by atoms with E-state index in [0.717, 1.165) is 27.9 Å².